The van der Waals surface area contributed by atoms with Crippen LogP contribution in [0.4, 0.5) is 11.4 Å². The molecule has 0 radical (unpaired) electrons. The monoisotopic (exact) mass is 302 g/mol. The standard InChI is InChI=1S/C11H15BrN2O3/c1-7(11(2,3)15)13-8-4-5-9(12)10(6-8)14(16)17/h4-7,13,15H,1-3H3. The Morgan fingerprint density at radius 1 is 1.53 bits per heavy atom. The molecule has 94 valence electrons. The van der Waals surface area contributed by atoms with Gasteiger partial charge in [0, 0.05) is 11.8 Å². The predicted molar refractivity (Wildman–Crippen MR) is 70.2 cm³/mol. The summed E-state index contributed by atoms with van der Waals surface area (Å²) in [5.74, 6) is 0. The Morgan fingerprint density at radius 2 is 2.12 bits per heavy atom. The minimum atomic E-state index is -0.901. The van der Waals surface area contributed by atoms with Gasteiger partial charge in [-0.3, -0.25) is 10.1 Å². The third kappa shape index (κ3) is 3.67. The topological polar surface area (TPSA) is 75.4 Å². The fourth-order valence-electron chi connectivity index (χ4n) is 1.17. The summed E-state index contributed by atoms with van der Waals surface area (Å²) in [6.45, 7) is 5.17. The Morgan fingerprint density at radius 3 is 2.59 bits per heavy atom. The minimum absolute atomic E-state index is 0.00190. The maximum atomic E-state index is 10.8. The lowest BCUT2D eigenvalue weighted by Crippen LogP contribution is -2.39. The smallest absolute Gasteiger partial charge is 0.285 e. The van der Waals surface area contributed by atoms with Gasteiger partial charge >= 0.3 is 0 Å². The van der Waals surface area contributed by atoms with Crippen LogP contribution in [0.1, 0.15) is 20.8 Å². The van der Waals surface area contributed by atoms with Crippen molar-refractivity contribution >= 4 is 27.3 Å². The summed E-state index contributed by atoms with van der Waals surface area (Å²) >= 11 is 3.12. The van der Waals surface area contributed by atoms with Crippen LogP contribution in [-0.2, 0) is 0 Å². The van der Waals surface area contributed by atoms with Crippen LogP contribution >= 0.6 is 15.9 Å². The van der Waals surface area contributed by atoms with E-state index in [0.717, 1.165) is 0 Å². The van der Waals surface area contributed by atoms with E-state index in [1.54, 1.807) is 26.0 Å². The number of aliphatic hydroxyl groups is 1. The molecular formula is C11H15BrN2O3. The molecule has 0 aliphatic rings. The molecule has 0 amide bonds. The highest BCUT2D eigenvalue weighted by atomic mass is 79.9. The van der Waals surface area contributed by atoms with Gasteiger partial charge in [0.15, 0.2) is 0 Å². The summed E-state index contributed by atoms with van der Waals surface area (Å²) in [6.07, 6.45) is 0. The molecule has 1 rings (SSSR count). The van der Waals surface area contributed by atoms with E-state index in [4.69, 9.17) is 0 Å². The van der Waals surface area contributed by atoms with E-state index < -0.39 is 10.5 Å². The van der Waals surface area contributed by atoms with Gasteiger partial charge in [-0.25, -0.2) is 0 Å². The fraction of sp³-hybridized carbons (Fsp3) is 0.455. The van der Waals surface area contributed by atoms with Crippen LogP contribution in [0, 0.1) is 10.1 Å². The quantitative estimate of drug-likeness (QED) is 0.662. The normalized spacial score (nSPS) is 13.2. The van der Waals surface area contributed by atoms with Crippen LogP contribution < -0.4 is 5.32 Å². The molecule has 1 atom stereocenters. The molecule has 2 N–H and O–H groups in total. The van der Waals surface area contributed by atoms with E-state index in [-0.39, 0.29) is 11.7 Å². The molecule has 0 fully saturated rings. The molecule has 0 aliphatic heterocycles. The van der Waals surface area contributed by atoms with E-state index in [2.05, 4.69) is 21.2 Å². The zero-order chi connectivity index (χ0) is 13.2. The first-order valence-electron chi connectivity index (χ1n) is 5.14. The molecule has 17 heavy (non-hydrogen) atoms. The number of nitrogens with one attached hydrogen (secondary N) is 1. The van der Waals surface area contributed by atoms with Gasteiger partial charge in [0.1, 0.15) is 0 Å². The molecule has 1 unspecified atom stereocenters. The minimum Gasteiger partial charge on any atom is -0.388 e. The highest BCUT2D eigenvalue weighted by Gasteiger charge is 2.22. The average Bonchev–Trinajstić information content (AvgIpc) is 2.19. The largest absolute Gasteiger partial charge is 0.388 e. The maximum absolute atomic E-state index is 10.8. The summed E-state index contributed by atoms with van der Waals surface area (Å²) in [5.41, 5.74) is -0.297. The van der Waals surface area contributed by atoms with E-state index in [1.807, 2.05) is 6.92 Å². The Hall–Kier alpha value is -1.14. The van der Waals surface area contributed by atoms with Crippen molar-refractivity contribution in [3.8, 4) is 0 Å². The molecule has 6 heteroatoms. The number of hydrogen-bond acceptors (Lipinski definition) is 4. The second-order valence-electron chi connectivity index (χ2n) is 4.44. The molecule has 5 nitrogen and oxygen atoms in total. The fourth-order valence-corrected chi connectivity index (χ4v) is 1.56. The lowest BCUT2D eigenvalue weighted by atomic mass is 10.0. The van der Waals surface area contributed by atoms with Crippen molar-refractivity contribution in [3.63, 3.8) is 0 Å². The summed E-state index contributed by atoms with van der Waals surface area (Å²) in [6, 6.07) is 4.55. The Bertz CT molecular complexity index is 429. The van der Waals surface area contributed by atoms with Crippen LogP contribution in [0.5, 0.6) is 0 Å². The summed E-state index contributed by atoms with van der Waals surface area (Å²) in [4.78, 5) is 10.3. The molecule has 1 aromatic rings. The second-order valence-corrected chi connectivity index (χ2v) is 5.30. The Kier molecular flexibility index (Phi) is 4.11. The van der Waals surface area contributed by atoms with Crippen molar-refractivity contribution in [2.24, 2.45) is 0 Å². The Labute approximate surface area is 108 Å². The zero-order valence-electron chi connectivity index (χ0n) is 9.90. The Balaban J connectivity index is 2.94. The molecule has 0 spiro atoms. The van der Waals surface area contributed by atoms with Gasteiger partial charge in [-0.15, -0.1) is 0 Å². The lowest BCUT2D eigenvalue weighted by molar-refractivity contribution is -0.385. The number of hydrogen-bond donors (Lipinski definition) is 2. The van der Waals surface area contributed by atoms with Gasteiger partial charge in [0.2, 0.25) is 0 Å². The highest BCUT2D eigenvalue weighted by Crippen LogP contribution is 2.28. The number of benzene rings is 1. The van der Waals surface area contributed by atoms with Crippen molar-refractivity contribution < 1.29 is 10.0 Å². The lowest BCUT2D eigenvalue weighted by Gasteiger charge is -2.27. The number of nitro groups is 1. The molecule has 1 aromatic carbocycles. The van der Waals surface area contributed by atoms with Gasteiger partial charge in [0.05, 0.1) is 21.0 Å². The predicted octanol–water partition coefficient (Wildman–Crippen LogP) is 2.93. The van der Waals surface area contributed by atoms with Gasteiger partial charge in [-0.2, -0.15) is 0 Å². The maximum Gasteiger partial charge on any atom is 0.285 e. The summed E-state index contributed by atoms with van der Waals surface area (Å²) in [5, 5.41) is 23.6. The van der Waals surface area contributed by atoms with Gasteiger partial charge < -0.3 is 10.4 Å². The molecule has 0 aromatic heterocycles. The number of halogens is 1. The van der Waals surface area contributed by atoms with E-state index >= 15 is 0 Å². The van der Waals surface area contributed by atoms with E-state index in [9.17, 15) is 15.2 Å². The van der Waals surface area contributed by atoms with Crippen LogP contribution in [-0.4, -0.2) is 21.7 Å². The van der Waals surface area contributed by atoms with Crippen LogP contribution in [0.2, 0.25) is 0 Å². The highest BCUT2D eigenvalue weighted by molar-refractivity contribution is 9.10. The first kappa shape index (κ1) is 13.9. The van der Waals surface area contributed by atoms with Crippen molar-refractivity contribution in [3.05, 3.63) is 32.8 Å². The van der Waals surface area contributed by atoms with Crippen molar-refractivity contribution in [1.29, 1.82) is 0 Å². The third-order valence-corrected chi connectivity index (χ3v) is 3.26. The molecular weight excluding hydrogens is 288 g/mol. The second kappa shape index (κ2) is 5.01. The van der Waals surface area contributed by atoms with Crippen LogP contribution in [0.25, 0.3) is 0 Å². The third-order valence-electron chi connectivity index (χ3n) is 2.59. The summed E-state index contributed by atoms with van der Waals surface area (Å²) in [7, 11) is 0. The van der Waals surface area contributed by atoms with E-state index in [0.29, 0.717) is 10.2 Å². The molecule has 0 bridgehead atoms. The van der Waals surface area contributed by atoms with Gasteiger partial charge in [-0.05, 0) is 48.8 Å². The first-order chi connectivity index (χ1) is 7.71. The first-order valence-corrected chi connectivity index (χ1v) is 5.94. The average molecular weight is 303 g/mol. The van der Waals surface area contributed by atoms with Crippen LogP contribution in [0.3, 0.4) is 0 Å². The number of anilines is 1. The molecule has 0 saturated carbocycles. The number of rotatable bonds is 4. The van der Waals surface area contributed by atoms with Crippen molar-refractivity contribution in [1.82, 2.24) is 0 Å². The van der Waals surface area contributed by atoms with Crippen LogP contribution in [0.15, 0.2) is 22.7 Å². The van der Waals surface area contributed by atoms with Gasteiger partial charge in [-0.1, -0.05) is 0 Å². The molecule has 0 aliphatic carbocycles. The van der Waals surface area contributed by atoms with E-state index in [1.165, 1.54) is 6.07 Å². The van der Waals surface area contributed by atoms with Crippen molar-refractivity contribution in [2.75, 3.05) is 5.32 Å². The SMILES string of the molecule is CC(Nc1ccc(Br)c([N+](=O)[O-])c1)C(C)(C)O. The number of nitrogens with zero attached hydrogens (tertiary/aromatic N) is 1. The zero-order valence-corrected chi connectivity index (χ0v) is 11.5. The molecule has 0 saturated heterocycles. The van der Waals surface area contributed by atoms with Gasteiger partial charge in [0.25, 0.3) is 5.69 Å². The van der Waals surface area contributed by atoms with Crippen molar-refractivity contribution in [2.45, 2.75) is 32.4 Å². The number of nitro benzene ring substituents is 1. The summed E-state index contributed by atoms with van der Waals surface area (Å²) < 4.78 is 0.434. The molecule has 0 heterocycles.